The summed E-state index contributed by atoms with van der Waals surface area (Å²) in [5, 5.41) is 2.48. The van der Waals surface area contributed by atoms with Gasteiger partial charge in [-0.2, -0.15) is 0 Å². The number of amides is 1. The molecule has 0 unspecified atom stereocenters. The van der Waals surface area contributed by atoms with Crippen LogP contribution in [0.1, 0.15) is 26.3 Å². The van der Waals surface area contributed by atoms with Crippen LogP contribution in [-0.2, 0) is 4.74 Å². The van der Waals surface area contributed by atoms with Gasteiger partial charge in [-0.25, -0.2) is 9.18 Å². The zero-order valence-electron chi connectivity index (χ0n) is 10.2. The predicted molar refractivity (Wildman–Crippen MR) is 68.7 cm³/mol. The molecule has 0 aliphatic heterocycles. The topological polar surface area (TPSA) is 38.3 Å². The van der Waals surface area contributed by atoms with E-state index in [-0.39, 0.29) is 5.82 Å². The Morgan fingerprint density at radius 1 is 1.41 bits per heavy atom. The zero-order valence-corrected chi connectivity index (χ0v) is 11.8. The lowest BCUT2D eigenvalue weighted by Crippen LogP contribution is -2.27. The maximum absolute atomic E-state index is 13.4. The van der Waals surface area contributed by atoms with Crippen molar-refractivity contribution in [2.45, 2.75) is 33.3 Å². The number of carbonyl (C=O) groups excluding carboxylic acids is 1. The summed E-state index contributed by atoms with van der Waals surface area (Å²) in [6.45, 7) is 6.94. The number of halogens is 2. The highest BCUT2D eigenvalue weighted by Gasteiger charge is 2.16. The van der Waals surface area contributed by atoms with E-state index in [1.165, 1.54) is 6.07 Å². The number of ether oxygens (including phenoxy) is 1. The molecule has 1 aromatic rings. The fourth-order valence-corrected chi connectivity index (χ4v) is 1.57. The molecule has 0 saturated carbocycles. The molecule has 0 heterocycles. The second-order valence-electron chi connectivity index (χ2n) is 4.69. The summed E-state index contributed by atoms with van der Waals surface area (Å²) in [6.07, 6.45) is -0.604. The lowest BCUT2D eigenvalue weighted by Gasteiger charge is -2.19. The molecule has 94 valence electrons. The van der Waals surface area contributed by atoms with Gasteiger partial charge in [-0.3, -0.25) is 5.32 Å². The number of anilines is 1. The van der Waals surface area contributed by atoms with E-state index in [2.05, 4.69) is 21.2 Å². The lowest BCUT2D eigenvalue weighted by molar-refractivity contribution is 0.0636. The summed E-state index contributed by atoms with van der Waals surface area (Å²) in [5.74, 6) is -0.384. The zero-order chi connectivity index (χ0) is 13.2. The summed E-state index contributed by atoms with van der Waals surface area (Å²) in [4.78, 5) is 11.5. The van der Waals surface area contributed by atoms with Crippen LogP contribution >= 0.6 is 15.9 Å². The third-order valence-corrected chi connectivity index (χ3v) is 2.75. The highest BCUT2D eigenvalue weighted by Crippen LogP contribution is 2.24. The average Bonchev–Trinajstić information content (AvgIpc) is 2.10. The van der Waals surface area contributed by atoms with Crippen LogP contribution in [0.5, 0.6) is 0 Å². The second-order valence-corrected chi connectivity index (χ2v) is 5.55. The minimum absolute atomic E-state index is 0.356. The van der Waals surface area contributed by atoms with Crippen LogP contribution in [-0.4, -0.2) is 11.7 Å². The van der Waals surface area contributed by atoms with Crippen LogP contribution < -0.4 is 5.32 Å². The Hall–Kier alpha value is -1.10. The van der Waals surface area contributed by atoms with Gasteiger partial charge in [0.15, 0.2) is 0 Å². The molecule has 0 spiro atoms. The van der Waals surface area contributed by atoms with Gasteiger partial charge in [0.05, 0.1) is 0 Å². The largest absolute Gasteiger partial charge is 0.444 e. The molecule has 0 saturated heterocycles. The standard InChI is InChI=1S/C12H15BrFNO2/c1-7-9(13)5-8(6-10(7)14)15-11(16)17-12(2,3)4/h5-6H,1-4H3,(H,15,16). The molecule has 0 aliphatic rings. The Bertz CT molecular complexity index is 418. The molecular weight excluding hydrogens is 289 g/mol. The minimum Gasteiger partial charge on any atom is -0.444 e. The van der Waals surface area contributed by atoms with Crippen molar-refractivity contribution in [2.75, 3.05) is 5.32 Å². The maximum atomic E-state index is 13.4. The normalized spacial score (nSPS) is 11.2. The third-order valence-electron chi connectivity index (χ3n) is 1.93. The number of nitrogens with one attached hydrogen (secondary N) is 1. The van der Waals surface area contributed by atoms with Crippen molar-refractivity contribution in [3.63, 3.8) is 0 Å². The van der Waals surface area contributed by atoms with Crippen molar-refractivity contribution in [2.24, 2.45) is 0 Å². The van der Waals surface area contributed by atoms with Crippen LogP contribution in [0, 0.1) is 12.7 Å². The van der Waals surface area contributed by atoms with Gasteiger partial charge in [0, 0.05) is 10.2 Å². The number of benzene rings is 1. The van der Waals surface area contributed by atoms with Gasteiger partial charge < -0.3 is 4.74 Å². The van der Waals surface area contributed by atoms with Gasteiger partial charge in [0.1, 0.15) is 11.4 Å². The maximum Gasteiger partial charge on any atom is 0.412 e. The Morgan fingerprint density at radius 3 is 2.47 bits per heavy atom. The molecule has 0 aromatic heterocycles. The van der Waals surface area contributed by atoms with Gasteiger partial charge in [-0.15, -0.1) is 0 Å². The summed E-state index contributed by atoms with van der Waals surface area (Å²) in [7, 11) is 0. The highest BCUT2D eigenvalue weighted by atomic mass is 79.9. The van der Waals surface area contributed by atoms with E-state index in [4.69, 9.17) is 4.74 Å². The molecule has 0 aliphatic carbocycles. The van der Waals surface area contributed by atoms with Crippen LogP contribution in [0.25, 0.3) is 0 Å². The van der Waals surface area contributed by atoms with Gasteiger partial charge in [0.25, 0.3) is 0 Å². The van der Waals surface area contributed by atoms with Gasteiger partial charge in [0.2, 0.25) is 0 Å². The fraction of sp³-hybridized carbons (Fsp3) is 0.417. The van der Waals surface area contributed by atoms with Crippen molar-refractivity contribution in [3.05, 3.63) is 28.0 Å². The lowest BCUT2D eigenvalue weighted by atomic mass is 10.2. The Balaban J connectivity index is 2.79. The molecule has 0 radical (unpaired) electrons. The van der Waals surface area contributed by atoms with E-state index < -0.39 is 11.7 Å². The molecule has 1 amide bonds. The number of hydrogen-bond donors (Lipinski definition) is 1. The molecule has 3 nitrogen and oxygen atoms in total. The SMILES string of the molecule is Cc1c(F)cc(NC(=O)OC(C)(C)C)cc1Br. The molecule has 1 N–H and O–H groups in total. The van der Waals surface area contributed by atoms with Crippen molar-refractivity contribution < 1.29 is 13.9 Å². The van der Waals surface area contributed by atoms with E-state index in [1.807, 2.05) is 0 Å². The monoisotopic (exact) mass is 303 g/mol. The van der Waals surface area contributed by atoms with Crippen LogP contribution in [0.3, 0.4) is 0 Å². The first kappa shape index (κ1) is 14.0. The van der Waals surface area contributed by atoms with Gasteiger partial charge >= 0.3 is 6.09 Å². The molecule has 1 aromatic carbocycles. The van der Waals surface area contributed by atoms with E-state index in [0.29, 0.717) is 15.7 Å². The van der Waals surface area contributed by atoms with Gasteiger partial charge in [-0.05, 0) is 45.4 Å². The third kappa shape index (κ3) is 4.34. The van der Waals surface area contributed by atoms with E-state index in [9.17, 15) is 9.18 Å². The van der Waals surface area contributed by atoms with E-state index in [1.54, 1.807) is 33.8 Å². The Kier molecular flexibility index (Phi) is 4.14. The van der Waals surface area contributed by atoms with Crippen molar-refractivity contribution >= 4 is 27.7 Å². The summed E-state index contributed by atoms with van der Waals surface area (Å²) >= 11 is 3.22. The van der Waals surface area contributed by atoms with E-state index >= 15 is 0 Å². The van der Waals surface area contributed by atoms with Crippen LogP contribution in [0.2, 0.25) is 0 Å². The number of hydrogen-bond acceptors (Lipinski definition) is 2. The number of rotatable bonds is 1. The highest BCUT2D eigenvalue weighted by molar-refractivity contribution is 9.10. The molecule has 0 atom stereocenters. The quantitative estimate of drug-likeness (QED) is 0.842. The Morgan fingerprint density at radius 2 is 2.00 bits per heavy atom. The minimum atomic E-state index is -0.604. The first-order valence-corrected chi connectivity index (χ1v) is 5.94. The first-order chi connectivity index (χ1) is 7.69. The first-order valence-electron chi connectivity index (χ1n) is 5.15. The molecule has 5 heteroatoms. The van der Waals surface area contributed by atoms with Crippen molar-refractivity contribution in [1.29, 1.82) is 0 Å². The van der Waals surface area contributed by atoms with Crippen LogP contribution in [0.15, 0.2) is 16.6 Å². The van der Waals surface area contributed by atoms with E-state index in [0.717, 1.165) is 0 Å². The molecule has 1 rings (SSSR count). The molecule has 0 bridgehead atoms. The summed E-state index contributed by atoms with van der Waals surface area (Å²) in [5.41, 5.74) is 0.277. The fourth-order valence-electron chi connectivity index (χ4n) is 1.14. The van der Waals surface area contributed by atoms with Gasteiger partial charge in [-0.1, -0.05) is 15.9 Å². The molecule has 17 heavy (non-hydrogen) atoms. The number of carbonyl (C=O) groups is 1. The molecular formula is C12H15BrFNO2. The second kappa shape index (κ2) is 5.04. The molecule has 0 fully saturated rings. The summed E-state index contributed by atoms with van der Waals surface area (Å²) < 4.78 is 19.1. The smallest absolute Gasteiger partial charge is 0.412 e. The van der Waals surface area contributed by atoms with Crippen molar-refractivity contribution in [3.8, 4) is 0 Å². The predicted octanol–water partition coefficient (Wildman–Crippen LogP) is 4.24. The van der Waals surface area contributed by atoms with Crippen LogP contribution in [0.4, 0.5) is 14.9 Å². The average molecular weight is 304 g/mol. The van der Waals surface area contributed by atoms with Crippen molar-refractivity contribution in [1.82, 2.24) is 0 Å². The summed E-state index contributed by atoms with van der Waals surface area (Å²) in [6, 6.07) is 2.88. The Labute approximate surface area is 108 Å².